The number of nitro groups is 1. The lowest BCUT2D eigenvalue weighted by molar-refractivity contribution is -0.384. The second-order valence-corrected chi connectivity index (χ2v) is 9.02. The minimum absolute atomic E-state index is 0.131. The van der Waals surface area contributed by atoms with Gasteiger partial charge in [0.15, 0.2) is 0 Å². The summed E-state index contributed by atoms with van der Waals surface area (Å²) < 4.78 is 2.14. The average molecular weight is 402 g/mol. The fraction of sp³-hybridized carbons (Fsp3) is 0.111. The number of hydrogen-bond acceptors (Lipinski definition) is 2. The predicted molar refractivity (Wildman–Crippen MR) is 124 cm³/mol. The average Bonchev–Trinajstić information content (AvgIpc) is 3.17. The van der Waals surface area contributed by atoms with Crippen molar-refractivity contribution in [2.45, 2.75) is 19.3 Å². The Balaban J connectivity index is 1.88. The van der Waals surface area contributed by atoms with E-state index in [9.17, 15) is 10.1 Å². The fourth-order valence-electron chi connectivity index (χ4n) is 5.91. The van der Waals surface area contributed by atoms with Crippen LogP contribution in [0.25, 0.3) is 49.7 Å². The third kappa shape index (κ3) is 1.78. The number of hydrogen-bond donors (Lipinski definition) is 0. The summed E-state index contributed by atoms with van der Waals surface area (Å²) in [6.45, 7) is 4.55. The first-order valence-corrected chi connectivity index (χ1v) is 10.5. The van der Waals surface area contributed by atoms with E-state index in [-0.39, 0.29) is 16.0 Å². The van der Waals surface area contributed by atoms with Gasteiger partial charge in [0, 0.05) is 33.4 Å². The van der Waals surface area contributed by atoms with Crippen molar-refractivity contribution in [3.63, 3.8) is 0 Å². The molecule has 0 saturated heterocycles. The molecule has 148 valence electrons. The van der Waals surface area contributed by atoms with Gasteiger partial charge in [-0.25, -0.2) is 0 Å². The number of nitrogens with zero attached hydrogens (tertiary/aromatic N) is 2. The molecule has 0 bridgehead atoms. The third-order valence-corrected chi connectivity index (χ3v) is 7.22. The number of fused-ring (bicyclic) bond motifs is 6. The largest absolute Gasteiger partial charge is 0.302 e. The van der Waals surface area contributed by atoms with Crippen LogP contribution < -0.4 is 0 Å². The van der Waals surface area contributed by atoms with Gasteiger partial charge >= 0.3 is 0 Å². The summed E-state index contributed by atoms with van der Waals surface area (Å²) in [5.74, 6) is 0. The van der Waals surface area contributed by atoms with E-state index in [1.54, 1.807) is 12.1 Å². The number of nitro benzene ring substituents is 1. The molecule has 0 amide bonds. The molecule has 0 N–H and O–H groups in total. The highest BCUT2D eigenvalue weighted by molar-refractivity contribution is 6.19. The van der Waals surface area contributed by atoms with E-state index in [0.29, 0.717) is 5.69 Å². The fourth-order valence-corrected chi connectivity index (χ4v) is 5.91. The molecule has 0 saturated carbocycles. The van der Waals surface area contributed by atoms with Crippen molar-refractivity contribution >= 4 is 27.5 Å². The van der Waals surface area contributed by atoms with Gasteiger partial charge in [-0.05, 0) is 28.3 Å². The molecule has 2 aliphatic rings. The zero-order valence-corrected chi connectivity index (χ0v) is 17.1. The number of aromatic nitrogens is 1. The molecule has 4 aromatic carbocycles. The summed E-state index contributed by atoms with van der Waals surface area (Å²) in [6.07, 6.45) is 0. The second-order valence-electron chi connectivity index (χ2n) is 9.02. The molecule has 0 unspecified atom stereocenters. The van der Waals surface area contributed by atoms with Crippen molar-refractivity contribution in [2.24, 2.45) is 0 Å². The summed E-state index contributed by atoms with van der Waals surface area (Å²) in [4.78, 5) is 11.9. The van der Waals surface area contributed by atoms with Crippen molar-refractivity contribution in [1.82, 2.24) is 4.57 Å². The molecule has 1 aliphatic carbocycles. The van der Waals surface area contributed by atoms with Gasteiger partial charge in [0.2, 0.25) is 0 Å². The molecule has 5 aromatic rings. The van der Waals surface area contributed by atoms with Crippen molar-refractivity contribution in [2.75, 3.05) is 0 Å². The first kappa shape index (κ1) is 16.8. The summed E-state index contributed by atoms with van der Waals surface area (Å²) in [5, 5.41) is 14.4. The summed E-state index contributed by atoms with van der Waals surface area (Å²) >= 11 is 0. The minimum atomic E-state index is -0.256. The monoisotopic (exact) mass is 402 g/mol. The Kier molecular flexibility index (Phi) is 2.83. The summed E-state index contributed by atoms with van der Waals surface area (Å²) in [5.41, 5.74) is 9.72. The van der Waals surface area contributed by atoms with E-state index < -0.39 is 0 Å². The van der Waals surface area contributed by atoms with Crippen LogP contribution in [-0.4, -0.2) is 9.49 Å². The Morgan fingerprint density at radius 3 is 2.35 bits per heavy atom. The highest BCUT2D eigenvalue weighted by Gasteiger charge is 2.41. The highest BCUT2D eigenvalue weighted by atomic mass is 16.6. The van der Waals surface area contributed by atoms with Crippen molar-refractivity contribution in [1.29, 1.82) is 0 Å². The predicted octanol–water partition coefficient (Wildman–Crippen LogP) is 6.98. The van der Waals surface area contributed by atoms with Crippen LogP contribution in [0.3, 0.4) is 0 Å². The summed E-state index contributed by atoms with van der Waals surface area (Å²) in [6, 6.07) is 24.5. The molecule has 1 aliphatic heterocycles. The van der Waals surface area contributed by atoms with Gasteiger partial charge in [-0.15, -0.1) is 0 Å². The molecule has 4 heteroatoms. The molecule has 7 rings (SSSR count). The van der Waals surface area contributed by atoms with Gasteiger partial charge in [0.25, 0.3) is 5.69 Å². The molecule has 31 heavy (non-hydrogen) atoms. The molecule has 0 spiro atoms. The highest BCUT2D eigenvalue weighted by Crippen LogP contribution is 2.58. The maximum atomic E-state index is 12.2. The number of benzene rings is 4. The Bertz CT molecular complexity index is 1640. The molecular weight excluding hydrogens is 384 g/mol. The van der Waals surface area contributed by atoms with E-state index in [1.165, 1.54) is 22.3 Å². The second kappa shape index (κ2) is 5.22. The Labute approximate surface area is 178 Å². The third-order valence-electron chi connectivity index (χ3n) is 7.22. The molecule has 0 radical (unpaired) electrons. The van der Waals surface area contributed by atoms with Crippen LogP contribution in [0, 0.1) is 10.1 Å². The maximum Gasteiger partial charge on any atom is 0.293 e. The van der Waals surface area contributed by atoms with Gasteiger partial charge in [-0.1, -0.05) is 74.5 Å². The quantitative estimate of drug-likeness (QED) is 0.220. The van der Waals surface area contributed by atoms with Gasteiger partial charge in [0.05, 0.1) is 16.0 Å². The minimum Gasteiger partial charge on any atom is -0.302 e. The summed E-state index contributed by atoms with van der Waals surface area (Å²) in [7, 11) is 0. The van der Waals surface area contributed by atoms with Gasteiger partial charge in [0.1, 0.15) is 5.69 Å². The molecule has 4 nitrogen and oxygen atoms in total. The maximum absolute atomic E-state index is 12.2. The smallest absolute Gasteiger partial charge is 0.293 e. The van der Waals surface area contributed by atoms with Crippen LogP contribution in [0.15, 0.2) is 72.8 Å². The number of rotatable bonds is 1. The zero-order valence-electron chi connectivity index (χ0n) is 17.1. The topological polar surface area (TPSA) is 48.1 Å². The van der Waals surface area contributed by atoms with Gasteiger partial charge in [-0.3, -0.25) is 10.1 Å². The Hall–Kier alpha value is -3.92. The van der Waals surface area contributed by atoms with Crippen LogP contribution in [0.1, 0.15) is 25.0 Å². The lowest BCUT2D eigenvalue weighted by Crippen LogP contribution is -2.15. The Morgan fingerprint density at radius 2 is 1.52 bits per heavy atom. The van der Waals surface area contributed by atoms with Gasteiger partial charge in [-0.2, -0.15) is 0 Å². The normalized spacial score (nSPS) is 14.6. The van der Waals surface area contributed by atoms with Gasteiger partial charge < -0.3 is 4.57 Å². The van der Waals surface area contributed by atoms with Crippen LogP contribution in [0.5, 0.6) is 0 Å². The van der Waals surface area contributed by atoms with E-state index in [4.69, 9.17) is 0 Å². The lowest BCUT2D eigenvalue weighted by Gasteiger charge is -2.22. The van der Waals surface area contributed by atoms with Crippen molar-refractivity contribution < 1.29 is 4.92 Å². The van der Waals surface area contributed by atoms with Crippen LogP contribution in [-0.2, 0) is 5.41 Å². The van der Waals surface area contributed by atoms with Crippen molar-refractivity contribution in [3.05, 3.63) is 94.0 Å². The molecule has 2 heterocycles. The van der Waals surface area contributed by atoms with E-state index >= 15 is 0 Å². The van der Waals surface area contributed by atoms with Crippen LogP contribution in [0.4, 0.5) is 5.69 Å². The standard InChI is InChI=1S/C27H18N2O2/c1-27(2)19-10-5-8-16-17-9-6-12-22(29(30)31)25(17)28-21-11-4-3-7-15(21)18-13-14-20(27)24(23(16)19)26(18)28/h3-14H,1-2H3. The van der Waals surface area contributed by atoms with Crippen molar-refractivity contribution in [3.8, 4) is 27.9 Å². The van der Waals surface area contributed by atoms with Crippen LogP contribution >= 0.6 is 0 Å². The van der Waals surface area contributed by atoms with E-state index in [2.05, 4.69) is 60.9 Å². The lowest BCUT2D eigenvalue weighted by atomic mass is 9.81. The first-order chi connectivity index (χ1) is 15.0. The van der Waals surface area contributed by atoms with E-state index in [1.807, 2.05) is 18.2 Å². The SMILES string of the molecule is CC1(C)c2cccc3c2-c2c1ccc1c4ccccc4n(c21)-c1c-3cccc1[N+](=O)[O-]. The molecule has 0 atom stereocenters. The number of para-hydroxylation sites is 2. The molecule has 1 aromatic heterocycles. The molecule has 0 fully saturated rings. The zero-order chi connectivity index (χ0) is 21.1. The van der Waals surface area contributed by atoms with Crippen LogP contribution in [0.2, 0.25) is 0 Å². The van der Waals surface area contributed by atoms with E-state index in [0.717, 1.165) is 32.9 Å². The Morgan fingerprint density at radius 1 is 0.774 bits per heavy atom. The molecular formula is C27H18N2O2. The first-order valence-electron chi connectivity index (χ1n) is 10.5.